The van der Waals surface area contributed by atoms with E-state index < -0.39 is 0 Å². The third kappa shape index (κ3) is 4.01. The topological polar surface area (TPSA) is 47.0 Å². The number of ether oxygens (including phenoxy) is 1. The number of aryl methyl sites for hydroxylation is 1. The van der Waals surface area contributed by atoms with Gasteiger partial charge in [0.1, 0.15) is 5.75 Å². The fourth-order valence-corrected chi connectivity index (χ4v) is 1.88. The maximum absolute atomic E-state index is 5.73. The van der Waals surface area contributed by atoms with Crippen molar-refractivity contribution in [2.75, 3.05) is 6.54 Å². The lowest BCUT2D eigenvalue weighted by Crippen LogP contribution is -2.13. The molecule has 0 spiro atoms. The highest BCUT2D eigenvalue weighted by Gasteiger charge is 2.04. The molecule has 0 saturated carbocycles. The largest absolute Gasteiger partial charge is 0.437 e. The van der Waals surface area contributed by atoms with Gasteiger partial charge in [0.05, 0.1) is 18.1 Å². The summed E-state index contributed by atoms with van der Waals surface area (Å²) in [6.07, 6.45) is 3.37. The van der Waals surface area contributed by atoms with Gasteiger partial charge in [0, 0.05) is 11.0 Å². The number of rotatable bonds is 5. The van der Waals surface area contributed by atoms with Crippen molar-refractivity contribution in [1.82, 2.24) is 15.3 Å². The van der Waals surface area contributed by atoms with E-state index in [0.717, 1.165) is 34.6 Å². The molecule has 4 nitrogen and oxygen atoms in total. The predicted molar refractivity (Wildman–Crippen MR) is 78.4 cm³/mol. The van der Waals surface area contributed by atoms with Gasteiger partial charge in [-0.2, -0.15) is 0 Å². The molecule has 100 valence electrons. The van der Waals surface area contributed by atoms with Crippen molar-refractivity contribution in [2.45, 2.75) is 20.4 Å². The summed E-state index contributed by atoms with van der Waals surface area (Å²) >= 11 is 3.43. The zero-order valence-corrected chi connectivity index (χ0v) is 12.6. The molecule has 0 amide bonds. The summed E-state index contributed by atoms with van der Waals surface area (Å²) in [7, 11) is 0. The van der Waals surface area contributed by atoms with E-state index in [2.05, 4.69) is 38.1 Å². The van der Waals surface area contributed by atoms with E-state index in [-0.39, 0.29) is 0 Å². The van der Waals surface area contributed by atoms with E-state index in [9.17, 15) is 0 Å². The molecule has 0 aliphatic rings. The Morgan fingerprint density at radius 2 is 2.11 bits per heavy atom. The smallest absolute Gasteiger partial charge is 0.237 e. The quantitative estimate of drug-likeness (QED) is 0.916. The molecule has 1 aromatic carbocycles. The molecule has 2 rings (SSSR count). The standard InChI is InChI=1S/C14H16BrN3O/c1-3-16-7-12-8-18-14(9-17-12)19-13-6-11(15)5-4-10(13)2/h4-6,8-9,16H,3,7H2,1-2H3. The van der Waals surface area contributed by atoms with Crippen LogP contribution in [0.2, 0.25) is 0 Å². The van der Waals surface area contributed by atoms with E-state index >= 15 is 0 Å². The highest BCUT2D eigenvalue weighted by atomic mass is 79.9. The molecule has 0 fully saturated rings. The predicted octanol–water partition coefficient (Wildman–Crippen LogP) is 3.45. The fourth-order valence-electron chi connectivity index (χ4n) is 1.54. The maximum Gasteiger partial charge on any atom is 0.237 e. The molecular formula is C14H16BrN3O. The zero-order chi connectivity index (χ0) is 13.7. The number of aromatic nitrogens is 2. The van der Waals surface area contributed by atoms with Crippen LogP contribution in [0.4, 0.5) is 0 Å². The Balaban J connectivity index is 2.08. The van der Waals surface area contributed by atoms with Crippen LogP contribution in [0.25, 0.3) is 0 Å². The Morgan fingerprint density at radius 1 is 1.26 bits per heavy atom. The molecule has 0 bridgehead atoms. The summed E-state index contributed by atoms with van der Waals surface area (Å²) in [6, 6.07) is 5.89. The van der Waals surface area contributed by atoms with Crippen molar-refractivity contribution in [3.63, 3.8) is 0 Å². The minimum atomic E-state index is 0.501. The highest BCUT2D eigenvalue weighted by Crippen LogP contribution is 2.26. The summed E-state index contributed by atoms with van der Waals surface area (Å²) in [5.74, 6) is 1.28. The molecule has 2 aromatic rings. The molecule has 0 radical (unpaired) electrons. The normalized spacial score (nSPS) is 10.5. The molecule has 5 heteroatoms. The van der Waals surface area contributed by atoms with Gasteiger partial charge < -0.3 is 10.1 Å². The third-order valence-electron chi connectivity index (χ3n) is 2.60. The van der Waals surface area contributed by atoms with Crippen LogP contribution in [0.3, 0.4) is 0 Å². The summed E-state index contributed by atoms with van der Waals surface area (Å²) in [5.41, 5.74) is 1.96. The Morgan fingerprint density at radius 3 is 2.79 bits per heavy atom. The van der Waals surface area contributed by atoms with E-state index in [4.69, 9.17) is 4.74 Å². The zero-order valence-electron chi connectivity index (χ0n) is 11.0. The molecular weight excluding hydrogens is 306 g/mol. The highest BCUT2D eigenvalue weighted by molar-refractivity contribution is 9.10. The number of nitrogens with zero attached hydrogens (tertiary/aromatic N) is 2. The summed E-state index contributed by atoms with van der Waals surface area (Å²) in [4.78, 5) is 8.56. The van der Waals surface area contributed by atoms with Crippen LogP contribution < -0.4 is 10.1 Å². The van der Waals surface area contributed by atoms with Gasteiger partial charge in [0.15, 0.2) is 0 Å². The van der Waals surface area contributed by atoms with Crippen molar-refractivity contribution < 1.29 is 4.74 Å². The van der Waals surface area contributed by atoms with Crippen molar-refractivity contribution >= 4 is 15.9 Å². The molecule has 0 unspecified atom stereocenters. The average Bonchev–Trinajstić information content (AvgIpc) is 2.42. The Bertz CT molecular complexity index is 543. The van der Waals surface area contributed by atoms with Crippen LogP contribution >= 0.6 is 15.9 Å². The Kier molecular flexibility index (Phi) is 4.87. The van der Waals surface area contributed by atoms with Gasteiger partial charge in [-0.25, -0.2) is 4.98 Å². The minimum Gasteiger partial charge on any atom is -0.437 e. The second-order valence-electron chi connectivity index (χ2n) is 4.14. The van der Waals surface area contributed by atoms with E-state index in [1.54, 1.807) is 12.4 Å². The molecule has 1 heterocycles. The van der Waals surface area contributed by atoms with E-state index in [1.807, 2.05) is 25.1 Å². The summed E-state index contributed by atoms with van der Waals surface area (Å²) in [5, 5.41) is 3.20. The lowest BCUT2D eigenvalue weighted by Gasteiger charge is -2.08. The first-order valence-corrected chi connectivity index (χ1v) is 6.94. The first kappa shape index (κ1) is 14.0. The van der Waals surface area contributed by atoms with Crippen LogP contribution in [0.1, 0.15) is 18.2 Å². The van der Waals surface area contributed by atoms with E-state index in [0.29, 0.717) is 5.88 Å². The molecule has 19 heavy (non-hydrogen) atoms. The second-order valence-corrected chi connectivity index (χ2v) is 5.05. The van der Waals surface area contributed by atoms with Crippen molar-refractivity contribution in [3.05, 3.63) is 46.3 Å². The molecule has 0 aliphatic heterocycles. The lowest BCUT2D eigenvalue weighted by atomic mass is 10.2. The van der Waals surface area contributed by atoms with E-state index in [1.165, 1.54) is 0 Å². The fraction of sp³-hybridized carbons (Fsp3) is 0.286. The molecule has 0 saturated heterocycles. The number of halogens is 1. The van der Waals surface area contributed by atoms with Crippen LogP contribution in [-0.4, -0.2) is 16.5 Å². The summed E-state index contributed by atoms with van der Waals surface area (Å²) < 4.78 is 6.70. The average molecular weight is 322 g/mol. The van der Waals surface area contributed by atoms with Crippen LogP contribution in [-0.2, 0) is 6.54 Å². The molecule has 1 aromatic heterocycles. The number of benzene rings is 1. The van der Waals surface area contributed by atoms with Crippen molar-refractivity contribution in [2.24, 2.45) is 0 Å². The van der Waals surface area contributed by atoms with Crippen molar-refractivity contribution in [1.29, 1.82) is 0 Å². The Hall–Kier alpha value is -1.46. The molecule has 0 aliphatic carbocycles. The minimum absolute atomic E-state index is 0.501. The van der Waals surface area contributed by atoms with Crippen LogP contribution in [0.5, 0.6) is 11.6 Å². The van der Waals surface area contributed by atoms with Crippen LogP contribution in [0.15, 0.2) is 35.1 Å². The molecule has 1 N–H and O–H groups in total. The number of hydrogen-bond donors (Lipinski definition) is 1. The lowest BCUT2D eigenvalue weighted by molar-refractivity contribution is 0.455. The third-order valence-corrected chi connectivity index (χ3v) is 3.10. The van der Waals surface area contributed by atoms with Gasteiger partial charge in [-0.15, -0.1) is 0 Å². The maximum atomic E-state index is 5.73. The second kappa shape index (κ2) is 6.63. The number of nitrogens with one attached hydrogen (secondary N) is 1. The van der Waals surface area contributed by atoms with Gasteiger partial charge in [-0.3, -0.25) is 4.98 Å². The van der Waals surface area contributed by atoms with Crippen LogP contribution in [0, 0.1) is 6.92 Å². The summed E-state index contributed by atoms with van der Waals surface area (Å²) in [6.45, 7) is 5.69. The van der Waals surface area contributed by atoms with Gasteiger partial charge in [0.25, 0.3) is 0 Å². The SMILES string of the molecule is CCNCc1cnc(Oc2cc(Br)ccc2C)cn1. The van der Waals surface area contributed by atoms with Crippen molar-refractivity contribution in [3.8, 4) is 11.6 Å². The monoisotopic (exact) mass is 321 g/mol. The van der Waals surface area contributed by atoms with Gasteiger partial charge in [-0.1, -0.05) is 28.9 Å². The first-order valence-electron chi connectivity index (χ1n) is 6.14. The molecule has 0 atom stereocenters. The van der Waals surface area contributed by atoms with Gasteiger partial charge in [-0.05, 0) is 31.2 Å². The Labute approximate surface area is 121 Å². The first-order chi connectivity index (χ1) is 9.19. The number of hydrogen-bond acceptors (Lipinski definition) is 4. The van der Waals surface area contributed by atoms with Gasteiger partial charge in [0.2, 0.25) is 5.88 Å². The van der Waals surface area contributed by atoms with Gasteiger partial charge >= 0.3 is 0 Å².